The Labute approximate surface area is 195 Å². The number of nitrogens with zero attached hydrogens (tertiary/aromatic N) is 2. The summed E-state index contributed by atoms with van der Waals surface area (Å²) in [7, 11) is -0.429. The Bertz CT molecular complexity index is 1210. The Morgan fingerprint density at radius 2 is 1.67 bits per heavy atom. The van der Waals surface area contributed by atoms with Gasteiger partial charge in [-0.1, -0.05) is 60.7 Å². The number of amides is 1. The molecule has 3 aromatic carbocycles. The van der Waals surface area contributed by atoms with E-state index in [1.807, 2.05) is 59.5 Å². The SMILES string of the molecule is CN(C)S(=O)(=O)c1ccc2c(c1)CCN2CC(=O)N[C@@H](Cc1ccccc1)c1ccccc1. The van der Waals surface area contributed by atoms with Crippen LogP contribution in [0.2, 0.25) is 0 Å². The number of hydrogen-bond acceptors (Lipinski definition) is 4. The first-order chi connectivity index (χ1) is 15.8. The van der Waals surface area contributed by atoms with Gasteiger partial charge in [-0.15, -0.1) is 0 Å². The zero-order valence-electron chi connectivity index (χ0n) is 18.9. The van der Waals surface area contributed by atoms with Crippen molar-refractivity contribution in [2.24, 2.45) is 0 Å². The highest BCUT2D eigenvalue weighted by atomic mass is 32.2. The van der Waals surface area contributed by atoms with Crippen molar-refractivity contribution in [3.8, 4) is 0 Å². The smallest absolute Gasteiger partial charge is 0.242 e. The van der Waals surface area contributed by atoms with Crippen molar-refractivity contribution in [3.63, 3.8) is 0 Å². The number of carbonyl (C=O) groups excluding carboxylic acids is 1. The standard InChI is InChI=1S/C26H29N3O3S/c1-28(2)33(31,32)23-13-14-25-22(18-23)15-16-29(25)19-26(30)27-24(21-11-7-4-8-12-21)17-20-9-5-3-6-10-20/h3-14,18,24H,15-17,19H2,1-2H3,(H,27,30)/t24-/m0/s1. The van der Waals surface area contributed by atoms with E-state index in [-0.39, 0.29) is 23.4 Å². The quantitative estimate of drug-likeness (QED) is 0.556. The lowest BCUT2D eigenvalue weighted by atomic mass is 9.99. The molecule has 0 aromatic heterocycles. The molecule has 1 atom stereocenters. The van der Waals surface area contributed by atoms with Crippen LogP contribution in [0.4, 0.5) is 5.69 Å². The minimum atomic E-state index is -3.48. The molecule has 1 heterocycles. The van der Waals surface area contributed by atoms with E-state index < -0.39 is 10.0 Å². The summed E-state index contributed by atoms with van der Waals surface area (Å²) in [6, 6.07) is 25.2. The van der Waals surface area contributed by atoms with Gasteiger partial charge < -0.3 is 10.2 Å². The lowest BCUT2D eigenvalue weighted by molar-refractivity contribution is -0.120. The fourth-order valence-corrected chi connectivity index (χ4v) is 5.14. The van der Waals surface area contributed by atoms with Gasteiger partial charge in [-0.05, 0) is 47.7 Å². The molecule has 1 aliphatic rings. The summed E-state index contributed by atoms with van der Waals surface area (Å²) in [6.07, 6.45) is 1.42. The molecule has 0 saturated carbocycles. The van der Waals surface area contributed by atoms with E-state index in [2.05, 4.69) is 17.4 Å². The highest BCUT2D eigenvalue weighted by Gasteiger charge is 2.26. The molecule has 0 unspecified atom stereocenters. The second-order valence-electron chi connectivity index (χ2n) is 8.47. The van der Waals surface area contributed by atoms with Crippen molar-refractivity contribution in [2.45, 2.75) is 23.8 Å². The van der Waals surface area contributed by atoms with Gasteiger partial charge in [-0.2, -0.15) is 0 Å². The average molecular weight is 464 g/mol. The molecule has 4 rings (SSSR count). The second-order valence-corrected chi connectivity index (χ2v) is 10.6. The maximum absolute atomic E-state index is 13.0. The third kappa shape index (κ3) is 5.26. The molecule has 0 bridgehead atoms. The molecule has 3 aromatic rings. The van der Waals surface area contributed by atoms with Crippen LogP contribution >= 0.6 is 0 Å². The van der Waals surface area contributed by atoms with E-state index >= 15 is 0 Å². The summed E-state index contributed by atoms with van der Waals surface area (Å²) in [4.78, 5) is 15.3. The van der Waals surface area contributed by atoms with Gasteiger partial charge in [-0.3, -0.25) is 4.79 Å². The van der Waals surface area contributed by atoms with Crippen LogP contribution in [-0.2, 0) is 27.7 Å². The first kappa shape index (κ1) is 23.0. The molecule has 0 aliphatic carbocycles. The summed E-state index contributed by atoms with van der Waals surface area (Å²) in [5, 5.41) is 3.21. The minimum absolute atomic E-state index is 0.0578. The molecule has 7 heteroatoms. The third-order valence-electron chi connectivity index (χ3n) is 5.98. The molecule has 0 fully saturated rings. The number of hydrogen-bond donors (Lipinski definition) is 1. The maximum Gasteiger partial charge on any atom is 0.242 e. The van der Waals surface area contributed by atoms with E-state index in [4.69, 9.17) is 0 Å². The van der Waals surface area contributed by atoms with Gasteiger partial charge in [0.25, 0.3) is 0 Å². The molecule has 1 aliphatic heterocycles. The molecule has 1 N–H and O–H groups in total. The van der Waals surface area contributed by atoms with Gasteiger partial charge in [0.15, 0.2) is 0 Å². The fraction of sp³-hybridized carbons (Fsp3) is 0.269. The number of carbonyl (C=O) groups is 1. The first-order valence-corrected chi connectivity index (χ1v) is 12.5. The van der Waals surface area contributed by atoms with Crippen molar-refractivity contribution in [1.82, 2.24) is 9.62 Å². The lowest BCUT2D eigenvalue weighted by Crippen LogP contribution is -2.39. The number of sulfonamides is 1. The van der Waals surface area contributed by atoms with Gasteiger partial charge in [0.1, 0.15) is 0 Å². The van der Waals surface area contributed by atoms with Gasteiger partial charge >= 0.3 is 0 Å². The first-order valence-electron chi connectivity index (χ1n) is 11.0. The second kappa shape index (κ2) is 9.77. The topological polar surface area (TPSA) is 69.7 Å². The number of fused-ring (bicyclic) bond motifs is 1. The van der Waals surface area contributed by atoms with E-state index in [0.717, 1.165) is 22.4 Å². The van der Waals surface area contributed by atoms with Crippen LogP contribution in [0, 0.1) is 0 Å². The predicted octanol–water partition coefficient (Wildman–Crippen LogP) is 3.40. The van der Waals surface area contributed by atoms with E-state index in [1.165, 1.54) is 18.4 Å². The molecular formula is C26H29N3O3S. The van der Waals surface area contributed by atoms with Crippen molar-refractivity contribution in [3.05, 3.63) is 95.6 Å². The Morgan fingerprint density at radius 3 is 2.33 bits per heavy atom. The summed E-state index contributed by atoms with van der Waals surface area (Å²) < 4.78 is 26.1. The third-order valence-corrected chi connectivity index (χ3v) is 7.79. The Morgan fingerprint density at radius 1 is 1.00 bits per heavy atom. The molecular weight excluding hydrogens is 434 g/mol. The van der Waals surface area contributed by atoms with Gasteiger partial charge in [0.2, 0.25) is 15.9 Å². The van der Waals surface area contributed by atoms with Gasteiger partial charge in [0, 0.05) is 26.3 Å². The van der Waals surface area contributed by atoms with Crippen molar-refractivity contribution < 1.29 is 13.2 Å². The Balaban J connectivity index is 1.48. The van der Waals surface area contributed by atoms with Crippen molar-refractivity contribution in [2.75, 3.05) is 32.1 Å². The van der Waals surface area contributed by atoms with Gasteiger partial charge in [-0.25, -0.2) is 12.7 Å². The highest BCUT2D eigenvalue weighted by Crippen LogP contribution is 2.30. The molecule has 0 radical (unpaired) electrons. The molecule has 172 valence electrons. The van der Waals surface area contributed by atoms with Gasteiger partial charge in [0.05, 0.1) is 17.5 Å². The van der Waals surface area contributed by atoms with Crippen LogP contribution in [0.15, 0.2) is 83.8 Å². The molecule has 0 spiro atoms. The summed E-state index contributed by atoms with van der Waals surface area (Å²) >= 11 is 0. The molecule has 0 saturated heterocycles. The average Bonchev–Trinajstić information content (AvgIpc) is 3.21. The summed E-state index contributed by atoms with van der Waals surface area (Å²) in [5.74, 6) is -0.0578. The largest absolute Gasteiger partial charge is 0.362 e. The van der Waals surface area contributed by atoms with Crippen LogP contribution in [-0.4, -0.2) is 45.8 Å². The van der Waals surface area contributed by atoms with E-state index in [1.54, 1.807) is 12.1 Å². The van der Waals surface area contributed by atoms with E-state index in [9.17, 15) is 13.2 Å². The van der Waals surface area contributed by atoms with Crippen LogP contribution in [0.5, 0.6) is 0 Å². The maximum atomic E-state index is 13.0. The van der Waals surface area contributed by atoms with E-state index in [0.29, 0.717) is 19.4 Å². The number of anilines is 1. The van der Waals surface area contributed by atoms with Crippen LogP contribution in [0.3, 0.4) is 0 Å². The highest BCUT2D eigenvalue weighted by molar-refractivity contribution is 7.89. The zero-order chi connectivity index (χ0) is 23.4. The fourth-order valence-electron chi connectivity index (χ4n) is 4.18. The Hall–Kier alpha value is -3.16. The predicted molar refractivity (Wildman–Crippen MR) is 131 cm³/mol. The van der Waals surface area contributed by atoms with Crippen LogP contribution < -0.4 is 10.2 Å². The molecule has 6 nitrogen and oxygen atoms in total. The number of rotatable bonds is 8. The number of benzene rings is 3. The van der Waals surface area contributed by atoms with Crippen LogP contribution in [0.25, 0.3) is 0 Å². The molecule has 33 heavy (non-hydrogen) atoms. The normalized spacial score (nSPS) is 14.2. The minimum Gasteiger partial charge on any atom is -0.362 e. The van der Waals surface area contributed by atoms with Crippen molar-refractivity contribution >= 4 is 21.6 Å². The summed E-state index contributed by atoms with van der Waals surface area (Å²) in [6.45, 7) is 0.911. The lowest BCUT2D eigenvalue weighted by Gasteiger charge is -2.23. The zero-order valence-corrected chi connectivity index (χ0v) is 19.8. The monoisotopic (exact) mass is 463 g/mol. The summed E-state index contributed by atoms with van der Waals surface area (Å²) in [5.41, 5.74) is 4.10. The number of nitrogens with one attached hydrogen (secondary N) is 1. The Kier molecular flexibility index (Phi) is 6.81. The van der Waals surface area contributed by atoms with Crippen molar-refractivity contribution in [1.29, 1.82) is 0 Å². The van der Waals surface area contributed by atoms with Crippen LogP contribution in [0.1, 0.15) is 22.7 Å². The molecule has 1 amide bonds.